The van der Waals surface area contributed by atoms with Crippen molar-refractivity contribution in [2.24, 2.45) is 7.05 Å². The zero-order chi connectivity index (χ0) is 15.6. The van der Waals surface area contributed by atoms with Crippen molar-refractivity contribution in [3.8, 4) is 0 Å². The Morgan fingerprint density at radius 2 is 2.23 bits per heavy atom. The Morgan fingerprint density at radius 1 is 1.45 bits per heavy atom. The van der Waals surface area contributed by atoms with Gasteiger partial charge in [0.1, 0.15) is 12.4 Å². The van der Waals surface area contributed by atoms with Crippen molar-refractivity contribution in [3.63, 3.8) is 0 Å². The third-order valence-corrected chi connectivity index (χ3v) is 4.81. The van der Waals surface area contributed by atoms with Gasteiger partial charge in [-0.1, -0.05) is 35.5 Å². The fourth-order valence-corrected chi connectivity index (χ4v) is 3.35. The minimum atomic E-state index is -0.922. The van der Waals surface area contributed by atoms with E-state index in [9.17, 15) is 5.11 Å². The second-order valence-electron chi connectivity index (χ2n) is 5.01. The molecule has 1 N–H and O–H groups in total. The fraction of sp³-hybridized carbons (Fsp3) is 0.429. The largest absolute Gasteiger partial charge is 0.394 e. The topological polar surface area (TPSA) is 69.4 Å². The smallest absolute Gasteiger partial charge is 0.205 e. The third-order valence-electron chi connectivity index (χ3n) is 3.41. The van der Waals surface area contributed by atoms with Crippen LogP contribution in [0.2, 0.25) is 5.02 Å². The normalized spacial score (nSPS) is 24.8. The maximum Gasteiger partial charge on any atom is 0.205 e. The number of aromatic nitrogens is 3. The molecule has 8 heteroatoms. The number of aliphatic hydroxyl groups is 1. The summed E-state index contributed by atoms with van der Waals surface area (Å²) in [7, 11) is 1.88. The minimum absolute atomic E-state index is 0.0794. The van der Waals surface area contributed by atoms with Gasteiger partial charge < -0.3 is 19.1 Å². The van der Waals surface area contributed by atoms with Crippen LogP contribution in [-0.4, -0.2) is 44.9 Å². The predicted octanol–water partition coefficient (Wildman–Crippen LogP) is 1.82. The van der Waals surface area contributed by atoms with Gasteiger partial charge in [-0.25, -0.2) is 0 Å². The molecule has 0 saturated carbocycles. The number of aryl methyl sites for hydroxylation is 1. The lowest BCUT2D eigenvalue weighted by Crippen LogP contribution is -2.32. The van der Waals surface area contributed by atoms with Gasteiger partial charge in [0, 0.05) is 17.6 Å². The molecule has 2 aromatic rings. The van der Waals surface area contributed by atoms with Crippen molar-refractivity contribution < 1.29 is 14.6 Å². The van der Waals surface area contributed by atoms with Gasteiger partial charge in [-0.3, -0.25) is 0 Å². The zero-order valence-electron chi connectivity index (χ0n) is 12.0. The summed E-state index contributed by atoms with van der Waals surface area (Å²) >= 11 is 7.44. The van der Waals surface area contributed by atoms with Crippen LogP contribution in [0.4, 0.5) is 0 Å². The van der Waals surface area contributed by atoms with E-state index in [4.69, 9.17) is 21.1 Å². The number of thioether (sulfide) groups is 1. The van der Waals surface area contributed by atoms with E-state index in [2.05, 4.69) is 10.2 Å². The molecule has 0 radical (unpaired) electrons. The number of hydrogen-bond acceptors (Lipinski definition) is 6. The molecule has 1 saturated heterocycles. The minimum Gasteiger partial charge on any atom is -0.394 e. The SMILES string of the molecule is Cn1cnnc1SC[C@@]1(c2ccc(Cl)cc2)OC[C@H](CO)O1. The van der Waals surface area contributed by atoms with E-state index < -0.39 is 5.79 Å². The Bertz CT molecular complexity index is 637. The summed E-state index contributed by atoms with van der Waals surface area (Å²) in [5, 5.41) is 18.7. The number of halogens is 1. The molecule has 22 heavy (non-hydrogen) atoms. The number of benzene rings is 1. The first kappa shape index (κ1) is 15.8. The highest BCUT2D eigenvalue weighted by molar-refractivity contribution is 7.99. The number of hydrogen-bond donors (Lipinski definition) is 1. The second-order valence-corrected chi connectivity index (χ2v) is 6.39. The molecule has 1 aliphatic rings. The van der Waals surface area contributed by atoms with Gasteiger partial charge in [0.15, 0.2) is 5.16 Å². The summed E-state index contributed by atoms with van der Waals surface area (Å²) in [5.74, 6) is -0.424. The Morgan fingerprint density at radius 3 is 2.82 bits per heavy atom. The zero-order valence-corrected chi connectivity index (χ0v) is 13.5. The van der Waals surface area contributed by atoms with Crippen LogP contribution in [-0.2, 0) is 22.3 Å². The standard InChI is InChI=1S/C14H16ClN3O3S/c1-18-9-16-17-13(18)22-8-14(20-7-12(6-19)21-14)10-2-4-11(15)5-3-10/h2-5,9,12,19H,6-8H2,1H3/t12-,14+/m0/s1. The average molecular weight is 342 g/mol. The molecule has 3 rings (SSSR count). The van der Waals surface area contributed by atoms with Crippen LogP contribution in [0, 0.1) is 0 Å². The van der Waals surface area contributed by atoms with E-state index >= 15 is 0 Å². The van der Waals surface area contributed by atoms with Crippen LogP contribution in [0.15, 0.2) is 35.7 Å². The van der Waals surface area contributed by atoms with Crippen molar-refractivity contribution in [2.45, 2.75) is 17.0 Å². The Labute approximate surface area is 137 Å². The molecular formula is C14H16ClN3O3S. The van der Waals surface area contributed by atoms with Crippen molar-refractivity contribution in [1.82, 2.24) is 14.8 Å². The van der Waals surface area contributed by atoms with E-state index in [0.29, 0.717) is 17.4 Å². The molecule has 6 nitrogen and oxygen atoms in total. The predicted molar refractivity (Wildman–Crippen MR) is 82.8 cm³/mol. The monoisotopic (exact) mass is 341 g/mol. The number of aliphatic hydroxyl groups excluding tert-OH is 1. The maximum absolute atomic E-state index is 9.33. The van der Waals surface area contributed by atoms with Gasteiger partial charge >= 0.3 is 0 Å². The van der Waals surface area contributed by atoms with Gasteiger partial charge in [-0.2, -0.15) is 0 Å². The molecule has 2 atom stereocenters. The third kappa shape index (κ3) is 3.13. The molecule has 1 aliphatic heterocycles. The van der Waals surface area contributed by atoms with Crippen molar-refractivity contribution >= 4 is 23.4 Å². The van der Waals surface area contributed by atoms with Gasteiger partial charge in [-0.15, -0.1) is 10.2 Å². The molecular weight excluding hydrogens is 326 g/mol. The summed E-state index contributed by atoms with van der Waals surface area (Å²) in [6.45, 7) is 0.266. The molecule has 118 valence electrons. The van der Waals surface area contributed by atoms with Crippen LogP contribution in [0.1, 0.15) is 5.56 Å². The lowest BCUT2D eigenvalue weighted by atomic mass is 10.1. The summed E-state index contributed by atoms with van der Waals surface area (Å²) in [6.07, 6.45) is 1.31. The van der Waals surface area contributed by atoms with Crippen LogP contribution in [0.5, 0.6) is 0 Å². The highest BCUT2D eigenvalue weighted by atomic mass is 35.5. The van der Waals surface area contributed by atoms with E-state index in [-0.39, 0.29) is 12.7 Å². The maximum atomic E-state index is 9.33. The molecule has 1 aromatic heterocycles. The molecule has 0 amide bonds. The number of ether oxygens (including phenoxy) is 2. The van der Waals surface area contributed by atoms with Crippen LogP contribution < -0.4 is 0 Å². The lowest BCUT2D eigenvalue weighted by Gasteiger charge is -2.28. The Hall–Kier alpha value is -1.12. The lowest BCUT2D eigenvalue weighted by molar-refractivity contribution is -0.161. The highest BCUT2D eigenvalue weighted by Gasteiger charge is 2.43. The first-order valence-electron chi connectivity index (χ1n) is 6.78. The molecule has 0 spiro atoms. The molecule has 0 bridgehead atoms. The number of rotatable bonds is 5. The summed E-state index contributed by atoms with van der Waals surface area (Å²) in [6, 6.07) is 7.34. The Kier molecular flexibility index (Phi) is 4.70. The molecule has 2 heterocycles. The fourth-order valence-electron chi connectivity index (χ4n) is 2.23. The first-order valence-corrected chi connectivity index (χ1v) is 8.15. The molecule has 1 aromatic carbocycles. The molecule has 1 fully saturated rings. The van der Waals surface area contributed by atoms with E-state index in [1.165, 1.54) is 11.8 Å². The summed E-state index contributed by atoms with van der Waals surface area (Å²) in [4.78, 5) is 0. The van der Waals surface area contributed by atoms with E-state index in [1.807, 2.05) is 23.7 Å². The number of nitrogens with zero attached hydrogens (tertiary/aromatic N) is 3. The van der Waals surface area contributed by atoms with E-state index in [0.717, 1.165) is 10.7 Å². The highest BCUT2D eigenvalue weighted by Crippen LogP contribution is 2.39. The van der Waals surface area contributed by atoms with Crippen molar-refractivity contribution in [1.29, 1.82) is 0 Å². The van der Waals surface area contributed by atoms with Crippen LogP contribution in [0.25, 0.3) is 0 Å². The van der Waals surface area contributed by atoms with Gasteiger partial charge in [-0.05, 0) is 12.1 Å². The molecule has 0 unspecified atom stereocenters. The Balaban J connectivity index is 1.84. The van der Waals surface area contributed by atoms with Crippen molar-refractivity contribution in [2.75, 3.05) is 19.0 Å². The van der Waals surface area contributed by atoms with Gasteiger partial charge in [0.25, 0.3) is 0 Å². The second kappa shape index (κ2) is 6.55. The quantitative estimate of drug-likeness (QED) is 0.837. The van der Waals surface area contributed by atoms with E-state index in [1.54, 1.807) is 18.5 Å². The summed E-state index contributed by atoms with van der Waals surface area (Å²) in [5.41, 5.74) is 0.863. The van der Waals surface area contributed by atoms with Crippen molar-refractivity contribution in [3.05, 3.63) is 41.2 Å². The van der Waals surface area contributed by atoms with Gasteiger partial charge in [0.05, 0.1) is 19.0 Å². The van der Waals surface area contributed by atoms with Crippen LogP contribution in [0.3, 0.4) is 0 Å². The first-order chi connectivity index (χ1) is 10.6. The molecule has 0 aliphatic carbocycles. The average Bonchev–Trinajstić information content (AvgIpc) is 3.13. The summed E-state index contributed by atoms with van der Waals surface area (Å²) < 4.78 is 13.7. The van der Waals surface area contributed by atoms with Crippen LogP contribution >= 0.6 is 23.4 Å². The van der Waals surface area contributed by atoms with Gasteiger partial charge in [0.2, 0.25) is 5.79 Å².